The summed E-state index contributed by atoms with van der Waals surface area (Å²) in [4.78, 5) is 204. The number of carboxylic acids is 12. The van der Waals surface area contributed by atoms with Gasteiger partial charge in [-0.05, 0) is 96.5 Å². The van der Waals surface area contributed by atoms with Crippen LogP contribution < -0.4 is 52.0 Å². The Morgan fingerprint density at radius 3 is 0.582 bits per heavy atom. The number of benzene rings is 6. The van der Waals surface area contributed by atoms with Gasteiger partial charge in [-0.15, -0.1) is 0 Å². The number of halogens is 2. The van der Waals surface area contributed by atoms with Gasteiger partial charge in [0.1, 0.15) is 59.8 Å². The van der Waals surface area contributed by atoms with Crippen LogP contribution in [-0.2, 0) is 83.2 Å². The average molecular weight is 1720 g/mol. The van der Waals surface area contributed by atoms with E-state index in [1.54, 1.807) is 121 Å². The number of urea groups is 4. The fourth-order valence-corrected chi connectivity index (χ4v) is 9.37. The van der Waals surface area contributed by atoms with Crippen LogP contribution in [0.1, 0.15) is 122 Å². The van der Waals surface area contributed by atoms with Gasteiger partial charge in [-0.3, -0.25) is 28.0 Å². The lowest BCUT2D eigenvalue weighted by atomic mass is 10.1. The number of alkyl halides is 2. The number of hydrogen-bond donors (Lipinski definition) is 20. The van der Waals surface area contributed by atoms with Crippen molar-refractivity contribution in [2.24, 2.45) is 0 Å². The summed E-state index contributed by atoms with van der Waals surface area (Å²) in [6, 6.07) is 30.7. The summed E-state index contributed by atoms with van der Waals surface area (Å²) in [6.07, 6.45) is -3.42. The smallest absolute Gasteiger partial charge is 0.343 e. The molecule has 0 spiro atoms. The first-order chi connectivity index (χ1) is 57.9. The van der Waals surface area contributed by atoms with Crippen LogP contribution in [0.25, 0.3) is 0 Å². The molecular formula is C80H98F2N8O32. The first kappa shape index (κ1) is 109. The van der Waals surface area contributed by atoms with Crippen LogP contribution in [0.5, 0.6) is 11.5 Å². The maximum atomic E-state index is 12.1. The summed E-state index contributed by atoms with van der Waals surface area (Å²) in [6.45, 7) is 8.00. The van der Waals surface area contributed by atoms with Gasteiger partial charge in [0.2, 0.25) is 0 Å². The quantitative estimate of drug-likeness (QED) is 0.0138. The molecule has 40 nitrogen and oxygen atoms in total. The van der Waals surface area contributed by atoms with Gasteiger partial charge in [-0.25, -0.2) is 67.1 Å². The Morgan fingerprint density at radius 1 is 0.246 bits per heavy atom. The summed E-state index contributed by atoms with van der Waals surface area (Å²) in [5, 5.41) is 125. The van der Waals surface area contributed by atoms with Crippen LogP contribution in [0.4, 0.5) is 28.0 Å². The molecular weight excluding hydrogens is 1620 g/mol. The Labute approximate surface area is 695 Å². The third-order valence-corrected chi connectivity index (χ3v) is 15.1. The highest BCUT2D eigenvalue weighted by Crippen LogP contribution is 2.19. The second-order valence-electron chi connectivity index (χ2n) is 23.9. The number of hydrogen-bond acceptors (Lipinski definition) is 20. The maximum absolute atomic E-state index is 12.1. The van der Waals surface area contributed by atoms with Crippen molar-refractivity contribution in [1.29, 1.82) is 0 Å². The molecule has 8 amide bonds. The number of carbonyl (C=O) groups is 18. The van der Waals surface area contributed by atoms with E-state index in [-0.39, 0.29) is 62.9 Å². The van der Waals surface area contributed by atoms with Gasteiger partial charge in [-0.2, -0.15) is 0 Å². The van der Waals surface area contributed by atoms with Crippen molar-refractivity contribution in [3.63, 3.8) is 0 Å². The summed E-state index contributed by atoms with van der Waals surface area (Å²) >= 11 is 0. The molecule has 0 unspecified atom stereocenters. The SMILES string of the molecule is CC.CC.CF.CF.O=C(O)CC[C@H](NC(=O)N[C@@H](Cc1ccc(OC(=O)c2ccccc2)cc1)C(=O)O)C(=O)O.O=C(O)CC[C@H](NC(=O)N[C@@H](Cc1ccc(OC(=O)c2ccccc2)cc1)C(=O)O)C(=O)O.O=C(O)CC[C@H](NC(=O)N[C@@H](Cc1ccccc1)C(=O)O)C(=O)O.O=C(O)CC[C@H](NC(=O)N[C@@H](Cc1ccccc1)C(=O)O)C(=O)O. The molecule has 0 aromatic heterocycles. The van der Waals surface area contributed by atoms with Crippen molar-refractivity contribution in [1.82, 2.24) is 42.5 Å². The minimum absolute atomic E-state index is 0.0243. The fourth-order valence-electron chi connectivity index (χ4n) is 9.37. The number of carbonyl (C=O) groups excluding carboxylic acids is 6. The van der Waals surface area contributed by atoms with Crippen LogP contribution in [0.3, 0.4) is 0 Å². The molecule has 20 N–H and O–H groups in total. The Balaban J connectivity index is 0. The van der Waals surface area contributed by atoms with Gasteiger partial charge in [0, 0.05) is 51.4 Å². The van der Waals surface area contributed by atoms with Gasteiger partial charge >= 0.3 is 108 Å². The highest BCUT2D eigenvalue weighted by atomic mass is 19.1. The molecule has 0 bridgehead atoms. The molecule has 0 aliphatic carbocycles. The summed E-state index contributed by atoms with van der Waals surface area (Å²) in [5.74, 6) is -16.4. The standard InChI is InChI=1S/2C22H22N2O9.2C15H18N2O7.2C2H6.2CH3F/c2*25-18(26)11-10-16(19(27)28)23-22(32)24-17(20(29)30)12-13-6-8-15(9-7-13)33-21(31)14-4-2-1-3-5-14;2*18-12(19)7-6-10(13(20)21)16-15(24)17-11(14(22)23)8-9-4-2-1-3-5-9;4*1-2/h2*1-9,16-17H,10-12H2,(H,25,26)(H,27,28)(H,29,30)(H2,23,24,32);2*1-5,10-11H,6-8H2,(H,18,19)(H,20,21)(H,22,23)(H2,16,17,24);2*1-2H3;2*1H3/t2*16-,17-;2*10-,11-;;;;/m0000..../s1. The molecule has 6 rings (SSSR count). The number of aliphatic carboxylic acids is 12. The minimum atomic E-state index is -1.49. The first-order valence-corrected chi connectivity index (χ1v) is 36.4. The van der Waals surface area contributed by atoms with E-state index >= 15 is 0 Å². The molecule has 0 radical (unpaired) electrons. The third-order valence-electron chi connectivity index (χ3n) is 15.1. The fraction of sp³-hybridized carbons (Fsp3) is 0.325. The second-order valence-corrected chi connectivity index (χ2v) is 23.9. The zero-order chi connectivity index (χ0) is 93.0. The van der Waals surface area contributed by atoms with Crippen LogP contribution in [0, 0.1) is 0 Å². The van der Waals surface area contributed by atoms with Gasteiger partial charge < -0.3 is 113 Å². The van der Waals surface area contributed by atoms with Crippen molar-refractivity contribution < 1.29 is 166 Å². The molecule has 42 heteroatoms. The molecule has 0 fully saturated rings. The van der Waals surface area contributed by atoms with E-state index in [2.05, 4.69) is 42.5 Å². The van der Waals surface area contributed by atoms with Crippen molar-refractivity contribution >= 4 is 108 Å². The van der Waals surface area contributed by atoms with Crippen molar-refractivity contribution in [2.75, 3.05) is 14.4 Å². The van der Waals surface area contributed by atoms with Crippen LogP contribution in [0.2, 0.25) is 0 Å². The van der Waals surface area contributed by atoms with Crippen LogP contribution in [-0.4, -0.2) is 232 Å². The number of nitrogens with one attached hydrogen (secondary N) is 8. The molecule has 0 saturated carbocycles. The lowest BCUT2D eigenvalue weighted by Gasteiger charge is -2.18. The van der Waals surface area contributed by atoms with Crippen LogP contribution >= 0.6 is 0 Å². The predicted molar refractivity (Wildman–Crippen MR) is 426 cm³/mol. The van der Waals surface area contributed by atoms with E-state index in [0.717, 1.165) is 0 Å². The van der Waals surface area contributed by atoms with Gasteiger partial charge in [0.05, 0.1) is 25.5 Å². The monoisotopic (exact) mass is 1720 g/mol. The lowest BCUT2D eigenvalue weighted by Crippen LogP contribution is -2.51. The summed E-state index contributed by atoms with van der Waals surface area (Å²) in [5.41, 5.74) is 3.11. The number of rotatable bonds is 40. The topological polar surface area (TPSA) is 665 Å². The van der Waals surface area contributed by atoms with Gasteiger partial charge in [0.15, 0.2) is 0 Å². The number of esters is 2. The Kier molecular flexibility index (Phi) is 55.4. The van der Waals surface area contributed by atoms with E-state index in [0.29, 0.717) is 47.7 Å². The van der Waals surface area contributed by atoms with E-state index in [1.165, 1.54) is 48.5 Å². The summed E-state index contributed by atoms with van der Waals surface area (Å²) < 4.78 is 29.5. The number of ether oxygens (including phenoxy) is 2. The number of carboxylic acid groups (broad SMARTS) is 12. The molecule has 664 valence electrons. The zero-order valence-corrected chi connectivity index (χ0v) is 66.6. The summed E-state index contributed by atoms with van der Waals surface area (Å²) in [7, 11) is 1.00. The first-order valence-electron chi connectivity index (χ1n) is 36.4. The van der Waals surface area contributed by atoms with E-state index in [9.17, 15) is 105 Å². The molecule has 0 aliphatic heterocycles. The molecule has 6 aromatic rings. The highest BCUT2D eigenvalue weighted by molar-refractivity contribution is 5.93. The van der Waals surface area contributed by atoms with Gasteiger partial charge in [0.25, 0.3) is 0 Å². The lowest BCUT2D eigenvalue weighted by molar-refractivity contribution is -0.142. The van der Waals surface area contributed by atoms with Crippen molar-refractivity contribution in [3.05, 3.63) is 203 Å². The molecule has 122 heavy (non-hydrogen) atoms. The highest BCUT2D eigenvalue weighted by Gasteiger charge is 2.30. The Hall–Kier alpha value is -15.2. The Bertz CT molecular complexity index is 4040. The predicted octanol–water partition coefficient (Wildman–Crippen LogP) is 6.86. The van der Waals surface area contributed by atoms with E-state index in [4.69, 9.17) is 60.5 Å². The Morgan fingerprint density at radius 2 is 0.410 bits per heavy atom. The normalized spacial score (nSPS) is 11.7. The average Bonchev–Trinajstić information content (AvgIpc) is 0.863. The van der Waals surface area contributed by atoms with E-state index in [1.807, 2.05) is 27.7 Å². The molecule has 6 aromatic carbocycles. The molecule has 0 aliphatic rings. The van der Waals surface area contributed by atoms with Crippen molar-refractivity contribution in [2.45, 2.75) is 153 Å². The molecule has 0 heterocycles. The third kappa shape index (κ3) is 48.4. The molecule has 0 saturated heterocycles. The number of amides is 8. The van der Waals surface area contributed by atoms with Crippen LogP contribution in [0.15, 0.2) is 170 Å². The maximum Gasteiger partial charge on any atom is 0.343 e. The largest absolute Gasteiger partial charge is 0.481 e. The van der Waals surface area contributed by atoms with Crippen molar-refractivity contribution in [3.8, 4) is 11.5 Å². The molecule has 8 atom stereocenters. The second kappa shape index (κ2) is 62.1. The minimum Gasteiger partial charge on any atom is -0.481 e. The van der Waals surface area contributed by atoms with Gasteiger partial charge in [-0.1, -0.05) is 149 Å². The van der Waals surface area contributed by atoms with E-state index < -0.39 is 182 Å². The zero-order valence-electron chi connectivity index (χ0n) is 66.6.